The van der Waals surface area contributed by atoms with Crippen molar-refractivity contribution in [2.24, 2.45) is 0 Å². The lowest BCUT2D eigenvalue weighted by molar-refractivity contribution is -0.153. The number of halogens is 4. The zero-order chi connectivity index (χ0) is 22.4. The molecular weight excluding hydrogens is 416 g/mol. The van der Waals surface area contributed by atoms with Crippen LogP contribution in [0.15, 0.2) is 66.9 Å². The van der Waals surface area contributed by atoms with E-state index in [1.807, 2.05) is 0 Å². The first-order valence-corrected chi connectivity index (χ1v) is 9.20. The highest BCUT2D eigenvalue weighted by Crippen LogP contribution is 2.26. The number of para-hydroxylation sites is 1. The van der Waals surface area contributed by atoms with Gasteiger partial charge in [-0.3, -0.25) is 9.78 Å². The smallest absolute Gasteiger partial charge is 0.422 e. The van der Waals surface area contributed by atoms with E-state index in [-0.39, 0.29) is 17.1 Å². The van der Waals surface area contributed by atoms with Gasteiger partial charge in [0.1, 0.15) is 11.5 Å². The molecule has 9 heteroatoms. The predicted octanol–water partition coefficient (Wildman–Crippen LogP) is 5.45. The molecular formula is C22H18F4N2O3. The maximum atomic E-state index is 14.1. The van der Waals surface area contributed by atoms with Gasteiger partial charge in [0.25, 0.3) is 5.91 Å². The molecule has 0 aliphatic carbocycles. The minimum Gasteiger partial charge on any atom is -0.483 e. The molecule has 1 amide bonds. The topological polar surface area (TPSA) is 60.5 Å². The van der Waals surface area contributed by atoms with Crippen LogP contribution in [-0.4, -0.2) is 23.7 Å². The Morgan fingerprint density at radius 1 is 1.06 bits per heavy atom. The van der Waals surface area contributed by atoms with Crippen molar-refractivity contribution in [3.8, 4) is 17.2 Å². The lowest BCUT2D eigenvalue weighted by atomic mass is 10.1. The van der Waals surface area contributed by atoms with Gasteiger partial charge in [0, 0.05) is 5.56 Å². The zero-order valence-corrected chi connectivity index (χ0v) is 16.3. The van der Waals surface area contributed by atoms with Gasteiger partial charge in [-0.05, 0) is 49.4 Å². The molecule has 0 aliphatic rings. The van der Waals surface area contributed by atoms with Gasteiger partial charge in [0.2, 0.25) is 0 Å². The summed E-state index contributed by atoms with van der Waals surface area (Å²) in [6, 6.07) is 14.5. The number of hydrogen-bond acceptors (Lipinski definition) is 4. The van der Waals surface area contributed by atoms with Gasteiger partial charge in [-0.1, -0.05) is 18.2 Å². The van der Waals surface area contributed by atoms with Gasteiger partial charge >= 0.3 is 6.18 Å². The molecule has 1 heterocycles. The van der Waals surface area contributed by atoms with Gasteiger partial charge in [-0.2, -0.15) is 13.2 Å². The summed E-state index contributed by atoms with van der Waals surface area (Å²) in [5.41, 5.74) is 0.583. The second kappa shape index (κ2) is 9.46. The van der Waals surface area contributed by atoms with Crippen LogP contribution < -0.4 is 14.8 Å². The van der Waals surface area contributed by atoms with Crippen LogP contribution in [0.25, 0.3) is 0 Å². The summed E-state index contributed by atoms with van der Waals surface area (Å²) in [6.07, 6.45) is -3.30. The molecule has 1 atom stereocenters. The van der Waals surface area contributed by atoms with E-state index in [9.17, 15) is 22.4 Å². The Kier molecular flexibility index (Phi) is 6.74. The van der Waals surface area contributed by atoms with E-state index in [1.165, 1.54) is 24.3 Å². The van der Waals surface area contributed by atoms with Crippen LogP contribution in [-0.2, 0) is 0 Å². The Labute approximate surface area is 175 Å². The Morgan fingerprint density at radius 3 is 2.45 bits per heavy atom. The van der Waals surface area contributed by atoms with E-state index in [1.54, 1.807) is 37.3 Å². The second-order valence-electron chi connectivity index (χ2n) is 6.58. The first kappa shape index (κ1) is 22.1. The number of amides is 1. The molecule has 1 N–H and O–H groups in total. The molecule has 0 aliphatic heterocycles. The molecule has 5 nitrogen and oxygen atoms in total. The van der Waals surface area contributed by atoms with Crippen molar-refractivity contribution in [1.29, 1.82) is 0 Å². The minimum absolute atomic E-state index is 0.0409. The molecule has 0 bridgehead atoms. The molecule has 0 spiro atoms. The molecule has 0 fully saturated rings. The number of carbonyl (C=O) groups is 1. The molecule has 3 aromatic rings. The highest BCUT2D eigenvalue weighted by molar-refractivity contribution is 5.94. The van der Waals surface area contributed by atoms with Crippen LogP contribution in [0.1, 0.15) is 29.0 Å². The highest BCUT2D eigenvalue weighted by Gasteiger charge is 2.28. The van der Waals surface area contributed by atoms with E-state index >= 15 is 0 Å². The normalized spacial score (nSPS) is 12.2. The molecule has 31 heavy (non-hydrogen) atoms. The standard InChI is InChI=1S/C22H18F4N2O3/c1-14(19-10-8-17(12-27-19)30-13-22(24,25)26)28-21(29)15-7-9-18(23)20(11-15)31-16-5-3-2-4-6-16/h2-12,14H,13H2,1H3,(H,28,29)/t14-/m1/s1. The SMILES string of the molecule is C[C@@H](NC(=O)c1ccc(F)c(Oc2ccccc2)c1)c1ccc(OCC(F)(F)F)cn1. The van der Waals surface area contributed by atoms with Gasteiger partial charge in [0.05, 0.1) is 17.9 Å². The third-order valence-electron chi connectivity index (χ3n) is 4.12. The number of pyridine rings is 1. The summed E-state index contributed by atoms with van der Waals surface area (Å²) in [5.74, 6) is -0.838. The van der Waals surface area contributed by atoms with Crippen molar-refractivity contribution >= 4 is 5.91 Å². The molecule has 1 aromatic heterocycles. The van der Waals surface area contributed by atoms with E-state index in [0.29, 0.717) is 11.4 Å². The molecule has 0 saturated heterocycles. The maximum absolute atomic E-state index is 14.1. The third kappa shape index (κ3) is 6.43. The number of rotatable bonds is 7. The van der Waals surface area contributed by atoms with Crippen LogP contribution in [0.5, 0.6) is 17.2 Å². The number of carbonyl (C=O) groups excluding carboxylic acids is 1. The van der Waals surface area contributed by atoms with Gasteiger partial charge in [-0.15, -0.1) is 0 Å². The fourth-order valence-corrected chi connectivity index (χ4v) is 2.59. The van der Waals surface area contributed by atoms with Gasteiger partial charge < -0.3 is 14.8 Å². The summed E-state index contributed by atoms with van der Waals surface area (Å²) in [5, 5.41) is 2.70. The van der Waals surface area contributed by atoms with E-state index in [2.05, 4.69) is 15.0 Å². The number of ether oxygens (including phenoxy) is 2. The first-order chi connectivity index (χ1) is 14.7. The van der Waals surface area contributed by atoms with E-state index in [4.69, 9.17) is 4.74 Å². The molecule has 162 valence electrons. The van der Waals surface area contributed by atoms with Crippen molar-refractivity contribution in [2.45, 2.75) is 19.1 Å². The Bertz CT molecular complexity index is 1030. The number of benzene rings is 2. The highest BCUT2D eigenvalue weighted by atomic mass is 19.4. The lowest BCUT2D eigenvalue weighted by Gasteiger charge is -2.15. The number of aromatic nitrogens is 1. The van der Waals surface area contributed by atoms with Crippen molar-refractivity contribution < 1.29 is 31.8 Å². The van der Waals surface area contributed by atoms with Crippen molar-refractivity contribution in [2.75, 3.05) is 6.61 Å². The molecule has 0 radical (unpaired) electrons. The average molecular weight is 434 g/mol. The van der Waals surface area contributed by atoms with Crippen molar-refractivity contribution in [3.63, 3.8) is 0 Å². The Morgan fingerprint density at radius 2 is 1.81 bits per heavy atom. The van der Waals surface area contributed by atoms with Gasteiger partial charge in [-0.25, -0.2) is 4.39 Å². The number of nitrogens with zero attached hydrogens (tertiary/aromatic N) is 1. The van der Waals surface area contributed by atoms with Crippen LogP contribution in [0.3, 0.4) is 0 Å². The van der Waals surface area contributed by atoms with Crippen LogP contribution in [0, 0.1) is 5.82 Å². The summed E-state index contributed by atoms with van der Waals surface area (Å²) in [6.45, 7) is 0.236. The summed E-state index contributed by atoms with van der Waals surface area (Å²) in [4.78, 5) is 16.6. The molecule has 0 unspecified atom stereocenters. The average Bonchev–Trinajstić information content (AvgIpc) is 2.74. The summed E-state index contributed by atoms with van der Waals surface area (Å²) >= 11 is 0. The Balaban J connectivity index is 1.65. The van der Waals surface area contributed by atoms with Gasteiger partial charge in [0.15, 0.2) is 18.2 Å². The predicted molar refractivity (Wildman–Crippen MR) is 105 cm³/mol. The fourth-order valence-electron chi connectivity index (χ4n) is 2.59. The summed E-state index contributed by atoms with van der Waals surface area (Å²) < 4.78 is 60.8. The third-order valence-corrected chi connectivity index (χ3v) is 4.12. The summed E-state index contributed by atoms with van der Waals surface area (Å²) in [7, 11) is 0. The van der Waals surface area contributed by atoms with Crippen molar-refractivity contribution in [3.05, 3.63) is 83.9 Å². The monoisotopic (exact) mass is 434 g/mol. The number of nitrogens with one attached hydrogen (secondary N) is 1. The second-order valence-corrected chi connectivity index (χ2v) is 6.58. The first-order valence-electron chi connectivity index (χ1n) is 9.20. The van der Waals surface area contributed by atoms with E-state index in [0.717, 1.165) is 12.3 Å². The van der Waals surface area contributed by atoms with Crippen LogP contribution in [0.4, 0.5) is 17.6 Å². The number of hydrogen-bond donors (Lipinski definition) is 1. The largest absolute Gasteiger partial charge is 0.483 e. The fraction of sp³-hybridized carbons (Fsp3) is 0.182. The molecule has 2 aromatic carbocycles. The molecule has 0 saturated carbocycles. The molecule has 3 rings (SSSR count). The van der Waals surface area contributed by atoms with Crippen LogP contribution in [0.2, 0.25) is 0 Å². The lowest BCUT2D eigenvalue weighted by Crippen LogP contribution is -2.27. The zero-order valence-electron chi connectivity index (χ0n) is 16.3. The van der Waals surface area contributed by atoms with E-state index < -0.39 is 30.5 Å². The number of alkyl halides is 3. The van der Waals surface area contributed by atoms with Crippen molar-refractivity contribution in [1.82, 2.24) is 10.3 Å². The minimum atomic E-state index is -4.45. The Hall–Kier alpha value is -3.62. The maximum Gasteiger partial charge on any atom is 0.422 e. The quantitative estimate of drug-likeness (QED) is 0.503. The van der Waals surface area contributed by atoms with Crippen LogP contribution >= 0.6 is 0 Å².